The minimum atomic E-state index is -1.56. The van der Waals surface area contributed by atoms with Crippen molar-refractivity contribution in [3.63, 3.8) is 0 Å². The Balaban J connectivity index is 4.73. The van der Waals surface area contributed by atoms with Gasteiger partial charge in [-0.3, -0.25) is 0 Å². The Morgan fingerprint density at radius 1 is 1.37 bits per heavy atom. The van der Waals surface area contributed by atoms with Gasteiger partial charge in [-0.15, -0.1) is 0 Å². The molecule has 1 atom stereocenters. The summed E-state index contributed by atoms with van der Waals surface area (Å²) in [5.74, 6) is -1.20. The smallest absolute Gasteiger partial charge is 0.408 e. The third-order valence-corrected chi connectivity index (χ3v) is 2.08. The maximum absolute atomic E-state index is 11.6. The first kappa shape index (κ1) is 17.0. The van der Waals surface area contributed by atoms with E-state index < -0.39 is 23.2 Å². The number of aliphatic carboxylic acids is 1. The number of nitriles is 1. The zero-order chi connectivity index (χ0) is 15.1. The van der Waals surface area contributed by atoms with E-state index in [0.29, 0.717) is 12.8 Å². The number of allylic oxidation sites excluding steroid dienone is 1. The molecule has 1 amide bonds. The van der Waals surface area contributed by atoms with E-state index in [1.807, 2.05) is 6.07 Å². The van der Waals surface area contributed by atoms with Gasteiger partial charge < -0.3 is 15.2 Å². The van der Waals surface area contributed by atoms with Gasteiger partial charge in [0.2, 0.25) is 0 Å². The van der Waals surface area contributed by atoms with Gasteiger partial charge in [0.05, 0.1) is 6.07 Å². The summed E-state index contributed by atoms with van der Waals surface area (Å²) in [6.07, 6.45) is 2.81. The molecule has 19 heavy (non-hydrogen) atoms. The quantitative estimate of drug-likeness (QED) is 0.588. The van der Waals surface area contributed by atoms with Crippen molar-refractivity contribution >= 4 is 12.1 Å². The van der Waals surface area contributed by atoms with Crippen molar-refractivity contribution in [2.75, 3.05) is 0 Å². The topological polar surface area (TPSA) is 99.4 Å². The highest BCUT2D eigenvalue weighted by atomic mass is 16.6. The second kappa shape index (κ2) is 6.78. The SMILES string of the molecule is CC(C)(C)OC(=O)N[C@@](C)(/C=C/CCC#N)C(=O)O. The van der Waals surface area contributed by atoms with Gasteiger partial charge in [0.25, 0.3) is 0 Å². The molecule has 0 rings (SSSR count). The monoisotopic (exact) mass is 268 g/mol. The van der Waals surface area contributed by atoms with Crippen LogP contribution >= 0.6 is 0 Å². The molecule has 0 saturated carbocycles. The molecule has 0 aliphatic rings. The predicted molar refractivity (Wildman–Crippen MR) is 69.4 cm³/mol. The highest BCUT2D eigenvalue weighted by Gasteiger charge is 2.33. The molecule has 0 aromatic carbocycles. The van der Waals surface area contributed by atoms with Crippen molar-refractivity contribution in [2.24, 2.45) is 0 Å². The molecule has 0 unspecified atom stereocenters. The molecule has 0 bridgehead atoms. The average molecular weight is 268 g/mol. The Morgan fingerprint density at radius 2 is 1.95 bits per heavy atom. The number of carbonyl (C=O) groups is 2. The first-order valence-electron chi connectivity index (χ1n) is 5.90. The van der Waals surface area contributed by atoms with E-state index in [-0.39, 0.29) is 0 Å². The Kier molecular flexibility index (Phi) is 6.06. The number of ether oxygens (including phenoxy) is 1. The molecule has 2 N–H and O–H groups in total. The summed E-state index contributed by atoms with van der Waals surface area (Å²) in [6, 6.07) is 1.94. The molecule has 106 valence electrons. The van der Waals surface area contributed by atoms with E-state index in [4.69, 9.17) is 15.1 Å². The van der Waals surface area contributed by atoms with Gasteiger partial charge in [-0.2, -0.15) is 5.26 Å². The second-order valence-corrected chi connectivity index (χ2v) is 5.23. The number of hydrogen-bond acceptors (Lipinski definition) is 4. The predicted octanol–water partition coefficient (Wildman–Crippen LogP) is 2.21. The number of carbonyl (C=O) groups excluding carboxylic acids is 1. The van der Waals surface area contributed by atoms with Crippen LogP contribution in [-0.2, 0) is 9.53 Å². The van der Waals surface area contributed by atoms with Crippen LogP contribution in [0.15, 0.2) is 12.2 Å². The zero-order valence-corrected chi connectivity index (χ0v) is 11.7. The van der Waals surface area contributed by atoms with Crippen LogP contribution in [0.5, 0.6) is 0 Å². The number of carboxylic acid groups (broad SMARTS) is 1. The van der Waals surface area contributed by atoms with Gasteiger partial charge in [-0.25, -0.2) is 9.59 Å². The maximum atomic E-state index is 11.6. The van der Waals surface area contributed by atoms with Crippen molar-refractivity contribution in [3.05, 3.63) is 12.2 Å². The van der Waals surface area contributed by atoms with Crippen LogP contribution in [0, 0.1) is 11.3 Å². The number of alkyl carbamates (subject to hydrolysis) is 1. The fourth-order valence-corrected chi connectivity index (χ4v) is 1.15. The molecule has 0 aliphatic heterocycles. The number of rotatable bonds is 5. The Morgan fingerprint density at radius 3 is 2.37 bits per heavy atom. The summed E-state index contributed by atoms with van der Waals surface area (Å²) < 4.78 is 5.01. The van der Waals surface area contributed by atoms with Crippen LogP contribution < -0.4 is 5.32 Å². The van der Waals surface area contributed by atoms with E-state index in [1.54, 1.807) is 26.8 Å². The zero-order valence-electron chi connectivity index (χ0n) is 11.7. The maximum Gasteiger partial charge on any atom is 0.408 e. The summed E-state index contributed by atoms with van der Waals surface area (Å²) >= 11 is 0. The van der Waals surface area contributed by atoms with Crippen molar-refractivity contribution in [2.45, 2.75) is 51.7 Å². The van der Waals surface area contributed by atoms with Crippen LogP contribution in [0.1, 0.15) is 40.5 Å². The van der Waals surface area contributed by atoms with Crippen molar-refractivity contribution < 1.29 is 19.4 Å². The molecule has 0 radical (unpaired) electrons. The van der Waals surface area contributed by atoms with Crippen LogP contribution in [0.2, 0.25) is 0 Å². The van der Waals surface area contributed by atoms with Gasteiger partial charge in [-0.1, -0.05) is 12.2 Å². The average Bonchev–Trinajstić information content (AvgIpc) is 2.21. The minimum absolute atomic E-state index is 0.290. The molecule has 0 spiro atoms. The van der Waals surface area contributed by atoms with E-state index in [0.717, 1.165) is 0 Å². The first-order chi connectivity index (χ1) is 8.60. The van der Waals surface area contributed by atoms with Crippen molar-refractivity contribution in [1.82, 2.24) is 5.32 Å². The first-order valence-corrected chi connectivity index (χ1v) is 5.90. The van der Waals surface area contributed by atoms with Crippen LogP contribution in [0.3, 0.4) is 0 Å². The van der Waals surface area contributed by atoms with Gasteiger partial charge in [0.1, 0.15) is 5.60 Å². The van der Waals surface area contributed by atoms with E-state index in [1.165, 1.54) is 13.0 Å². The van der Waals surface area contributed by atoms with Gasteiger partial charge >= 0.3 is 12.1 Å². The Labute approximate surface area is 113 Å². The molecule has 6 heteroatoms. The summed E-state index contributed by atoms with van der Waals surface area (Å²) in [5.41, 5.74) is -2.26. The molecule has 0 aliphatic carbocycles. The van der Waals surface area contributed by atoms with E-state index >= 15 is 0 Å². The molecule has 0 aromatic rings. The lowest BCUT2D eigenvalue weighted by molar-refractivity contribution is -0.142. The molecule has 0 saturated heterocycles. The lowest BCUT2D eigenvalue weighted by Crippen LogP contribution is -2.52. The number of hydrogen-bond donors (Lipinski definition) is 2. The lowest BCUT2D eigenvalue weighted by Gasteiger charge is -2.26. The number of carboxylic acids is 1. The molecule has 6 nitrogen and oxygen atoms in total. The number of unbranched alkanes of at least 4 members (excludes halogenated alkanes) is 1. The summed E-state index contributed by atoms with van der Waals surface area (Å²) in [5, 5.41) is 19.8. The van der Waals surface area contributed by atoms with Crippen LogP contribution in [-0.4, -0.2) is 28.3 Å². The summed E-state index contributed by atoms with van der Waals surface area (Å²) in [6.45, 7) is 6.41. The number of nitrogens with zero attached hydrogens (tertiary/aromatic N) is 1. The molecule has 0 fully saturated rings. The summed E-state index contributed by atoms with van der Waals surface area (Å²) in [7, 11) is 0. The van der Waals surface area contributed by atoms with Crippen molar-refractivity contribution in [1.29, 1.82) is 5.26 Å². The lowest BCUT2D eigenvalue weighted by atomic mass is 10.0. The molecular formula is C13H20N2O4. The fraction of sp³-hybridized carbons (Fsp3) is 0.615. The van der Waals surface area contributed by atoms with E-state index in [2.05, 4.69) is 5.32 Å². The molecule has 0 aromatic heterocycles. The van der Waals surface area contributed by atoms with Crippen LogP contribution in [0.25, 0.3) is 0 Å². The van der Waals surface area contributed by atoms with Gasteiger partial charge in [0.15, 0.2) is 5.54 Å². The highest BCUT2D eigenvalue weighted by Crippen LogP contribution is 2.12. The van der Waals surface area contributed by atoms with Crippen molar-refractivity contribution in [3.8, 4) is 6.07 Å². The third kappa shape index (κ3) is 7.09. The Hall–Kier alpha value is -2.03. The Bertz CT molecular complexity index is 404. The van der Waals surface area contributed by atoms with Crippen LogP contribution in [0.4, 0.5) is 4.79 Å². The standard InChI is InChI=1S/C13H20N2O4/c1-12(2,3)19-11(18)15-13(4,10(16)17)8-6-5-7-9-14/h6,8H,5,7H2,1-4H3,(H,15,18)(H,16,17)/b8-6+/t13-/m0/s1. The normalized spacial score (nSPS) is 14.5. The minimum Gasteiger partial charge on any atom is -0.479 e. The molecule has 0 heterocycles. The largest absolute Gasteiger partial charge is 0.479 e. The summed E-state index contributed by atoms with van der Waals surface area (Å²) in [4.78, 5) is 22.8. The molecular weight excluding hydrogens is 248 g/mol. The van der Waals surface area contributed by atoms with Gasteiger partial charge in [-0.05, 0) is 34.1 Å². The fourth-order valence-electron chi connectivity index (χ4n) is 1.15. The van der Waals surface area contributed by atoms with E-state index in [9.17, 15) is 9.59 Å². The number of amides is 1. The third-order valence-electron chi connectivity index (χ3n) is 2.08. The second-order valence-electron chi connectivity index (χ2n) is 5.23. The highest BCUT2D eigenvalue weighted by molar-refractivity contribution is 5.86. The van der Waals surface area contributed by atoms with Gasteiger partial charge in [0, 0.05) is 6.42 Å². The number of nitrogens with one attached hydrogen (secondary N) is 1.